The van der Waals surface area contributed by atoms with E-state index in [2.05, 4.69) is 4.98 Å². The summed E-state index contributed by atoms with van der Waals surface area (Å²) in [7, 11) is 0. The van der Waals surface area contributed by atoms with Gasteiger partial charge >= 0.3 is 0 Å². The molecule has 0 saturated carbocycles. The van der Waals surface area contributed by atoms with Crippen molar-refractivity contribution in [3.8, 4) is 0 Å². The molecule has 0 unspecified atom stereocenters. The molecular formula is C8H11N3OS. The van der Waals surface area contributed by atoms with Crippen molar-refractivity contribution in [2.75, 3.05) is 18.8 Å². The number of hydrogen-bond acceptors (Lipinski definition) is 4. The Balaban J connectivity index is 2.12. The highest BCUT2D eigenvalue weighted by Gasteiger charge is 2.21. The molecule has 1 aromatic rings. The van der Waals surface area contributed by atoms with Gasteiger partial charge in [-0.05, 0) is 12.8 Å². The van der Waals surface area contributed by atoms with Crippen molar-refractivity contribution in [2.24, 2.45) is 0 Å². The van der Waals surface area contributed by atoms with E-state index in [9.17, 15) is 4.79 Å². The number of carbonyl (C=O) groups excluding carboxylic acids is 1. The minimum absolute atomic E-state index is 0.0189. The zero-order valence-corrected chi connectivity index (χ0v) is 8.01. The number of nitrogens with zero attached hydrogens (tertiary/aromatic N) is 2. The van der Waals surface area contributed by atoms with E-state index in [4.69, 9.17) is 5.73 Å². The van der Waals surface area contributed by atoms with Crippen LogP contribution in [0, 0.1) is 0 Å². The van der Waals surface area contributed by atoms with Crippen LogP contribution in [0.2, 0.25) is 0 Å². The molecule has 0 atom stereocenters. The Morgan fingerprint density at radius 3 is 2.77 bits per heavy atom. The summed E-state index contributed by atoms with van der Waals surface area (Å²) in [6.07, 6.45) is 2.21. The Hall–Kier alpha value is -1.10. The van der Waals surface area contributed by atoms with E-state index in [-0.39, 0.29) is 5.91 Å². The molecule has 2 N–H and O–H groups in total. The van der Waals surface area contributed by atoms with Crippen molar-refractivity contribution >= 4 is 22.4 Å². The summed E-state index contributed by atoms with van der Waals surface area (Å²) < 4.78 is 0. The monoisotopic (exact) mass is 197 g/mol. The molecule has 0 bridgehead atoms. The molecule has 1 amide bonds. The average molecular weight is 197 g/mol. The first kappa shape index (κ1) is 8.50. The quantitative estimate of drug-likeness (QED) is 0.729. The molecule has 2 heterocycles. The Morgan fingerprint density at radius 1 is 1.54 bits per heavy atom. The van der Waals surface area contributed by atoms with Crippen LogP contribution in [0.5, 0.6) is 0 Å². The normalized spacial score (nSPS) is 16.5. The molecule has 1 fully saturated rings. The van der Waals surface area contributed by atoms with Gasteiger partial charge in [0, 0.05) is 18.5 Å². The van der Waals surface area contributed by atoms with Crippen LogP contribution in [0.3, 0.4) is 0 Å². The first-order valence-electron chi connectivity index (χ1n) is 4.27. The Labute approximate surface area is 80.4 Å². The molecule has 4 nitrogen and oxygen atoms in total. The van der Waals surface area contributed by atoms with Gasteiger partial charge in [0.15, 0.2) is 5.13 Å². The molecule has 70 valence electrons. The number of rotatable bonds is 1. The number of hydrogen-bond donors (Lipinski definition) is 1. The molecule has 1 saturated heterocycles. The molecule has 0 radical (unpaired) electrons. The molecule has 1 aliphatic heterocycles. The first-order chi connectivity index (χ1) is 6.27. The maximum Gasteiger partial charge on any atom is 0.273 e. The molecule has 0 aliphatic carbocycles. The van der Waals surface area contributed by atoms with Gasteiger partial charge < -0.3 is 10.6 Å². The Morgan fingerprint density at radius 2 is 2.23 bits per heavy atom. The lowest BCUT2D eigenvalue weighted by molar-refractivity contribution is 0.0788. The molecule has 0 spiro atoms. The van der Waals surface area contributed by atoms with E-state index in [1.54, 1.807) is 5.38 Å². The summed E-state index contributed by atoms with van der Waals surface area (Å²) in [6.45, 7) is 1.71. The fourth-order valence-corrected chi connectivity index (χ4v) is 2.01. The van der Waals surface area contributed by atoms with Crippen LogP contribution in [0.15, 0.2) is 5.38 Å². The number of aromatic nitrogens is 1. The van der Waals surface area contributed by atoms with Crippen molar-refractivity contribution in [3.63, 3.8) is 0 Å². The van der Waals surface area contributed by atoms with Crippen molar-refractivity contribution < 1.29 is 4.79 Å². The van der Waals surface area contributed by atoms with E-state index >= 15 is 0 Å². The number of nitrogens with two attached hydrogens (primary N) is 1. The summed E-state index contributed by atoms with van der Waals surface area (Å²) in [5.74, 6) is 0.0189. The van der Waals surface area contributed by atoms with Gasteiger partial charge in [0.25, 0.3) is 5.91 Å². The molecule has 1 aliphatic rings. The van der Waals surface area contributed by atoms with Crippen LogP contribution in [-0.4, -0.2) is 28.9 Å². The molecule has 5 heteroatoms. The van der Waals surface area contributed by atoms with Gasteiger partial charge in [-0.25, -0.2) is 4.98 Å². The standard InChI is InChI=1S/C8H11N3OS/c9-8-10-6(5-13-8)7(12)11-3-1-2-4-11/h5H,1-4H2,(H2,9,10). The second kappa shape index (κ2) is 3.33. The summed E-state index contributed by atoms with van der Waals surface area (Å²) in [5.41, 5.74) is 5.94. The minimum atomic E-state index is 0.0189. The van der Waals surface area contributed by atoms with Gasteiger partial charge in [-0.2, -0.15) is 0 Å². The van der Waals surface area contributed by atoms with Crippen molar-refractivity contribution in [3.05, 3.63) is 11.1 Å². The number of amides is 1. The lowest BCUT2D eigenvalue weighted by atomic mass is 10.4. The largest absolute Gasteiger partial charge is 0.375 e. The first-order valence-corrected chi connectivity index (χ1v) is 5.15. The molecule has 2 rings (SSSR count). The summed E-state index contributed by atoms with van der Waals surface area (Å²) in [6, 6.07) is 0. The topological polar surface area (TPSA) is 59.2 Å². The Kier molecular flexibility index (Phi) is 2.18. The van der Waals surface area contributed by atoms with Crippen molar-refractivity contribution in [2.45, 2.75) is 12.8 Å². The fourth-order valence-electron chi connectivity index (χ4n) is 1.47. The van der Waals surface area contributed by atoms with Gasteiger partial charge in [0.1, 0.15) is 5.69 Å². The third kappa shape index (κ3) is 1.65. The van der Waals surface area contributed by atoms with Gasteiger partial charge in [-0.15, -0.1) is 11.3 Å². The van der Waals surface area contributed by atoms with Gasteiger partial charge in [0.05, 0.1) is 0 Å². The molecule has 13 heavy (non-hydrogen) atoms. The number of likely N-dealkylation sites (tertiary alicyclic amines) is 1. The van der Waals surface area contributed by atoms with E-state index in [0.29, 0.717) is 10.8 Å². The second-order valence-corrected chi connectivity index (χ2v) is 3.96. The van der Waals surface area contributed by atoms with Gasteiger partial charge in [0.2, 0.25) is 0 Å². The van der Waals surface area contributed by atoms with Crippen molar-refractivity contribution in [1.29, 1.82) is 0 Å². The number of nitrogen functional groups attached to an aromatic ring is 1. The highest BCUT2D eigenvalue weighted by Crippen LogP contribution is 2.16. The summed E-state index contributed by atoms with van der Waals surface area (Å²) in [5, 5.41) is 2.18. The summed E-state index contributed by atoms with van der Waals surface area (Å²) >= 11 is 1.31. The molecule has 1 aromatic heterocycles. The third-order valence-electron chi connectivity index (χ3n) is 2.13. The fraction of sp³-hybridized carbons (Fsp3) is 0.500. The zero-order valence-electron chi connectivity index (χ0n) is 7.19. The lowest BCUT2D eigenvalue weighted by Gasteiger charge is -2.12. The third-order valence-corrected chi connectivity index (χ3v) is 2.81. The van der Waals surface area contributed by atoms with Crippen LogP contribution in [-0.2, 0) is 0 Å². The second-order valence-electron chi connectivity index (χ2n) is 3.07. The number of carbonyl (C=O) groups is 1. The van der Waals surface area contributed by atoms with E-state index < -0.39 is 0 Å². The lowest BCUT2D eigenvalue weighted by Crippen LogP contribution is -2.27. The molecular weight excluding hydrogens is 186 g/mol. The zero-order chi connectivity index (χ0) is 9.26. The number of thiazole rings is 1. The van der Waals surface area contributed by atoms with Crippen LogP contribution in [0.25, 0.3) is 0 Å². The smallest absolute Gasteiger partial charge is 0.273 e. The Bertz CT molecular complexity index is 317. The maximum absolute atomic E-state index is 11.7. The van der Waals surface area contributed by atoms with Gasteiger partial charge in [-0.3, -0.25) is 4.79 Å². The van der Waals surface area contributed by atoms with Gasteiger partial charge in [-0.1, -0.05) is 0 Å². The van der Waals surface area contributed by atoms with E-state index in [0.717, 1.165) is 25.9 Å². The van der Waals surface area contributed by atoms with Crippen LogP contribution in [0.4, 0.5) is 5.13 Å². The van der Waals surface area contributed by atoms with Crippen LogP contribution in [0.1, 0.15) is 23.3 Å². The van der Waals surface area contributed by atoms with Crippen molar-refractivity contribution in [1.82, 2.24) is 9.88 Å². The van der Waals surface area contributed by atoms with E-state index in [1.165, 1.54) is 11.3 Å². The highest BCUT2D eigenvalue weighted by atomic mass is 32.1. The van der Waals surface area contributed by atoms with E-state index in [1.807, 2.05) is 4.90 Å². The highest BCUT2D eigenvalue weighted by molar-refractivity contribution is 7.13. The average Bonchev–Trinajstić information content (AvgIpc) is 2.72. The predicted octanol–water partition coefficient (Wildman–Crippen LogP) is 0.961. The minimum Gasteiger partial charge on any atom is -0.375 e. The SMILES string of the molecule is Nc1nc(C(=O)N2CCCC2)cs1. The summed E-state index contributed by atoms with van der Waals surface area (Å²) in [4.78, 5) is 17.5. The predicted molar refractivity (Wildman–Crippen MR) is 51.7 cm³/mol. The maximum atomic E-state index is 11.7. The number of anilines is 1. The van der Waals surface area contributed by atoms with Crippen LogP contribution < -0.4 is 5.73 Å². The molecule has 0 aromatic carbocycles. The van der Waals surface area contributed by atoms with Crippen LogP contribution >= 0.6 is 11.3 Å².